The number of aromatic nitrogens is 3. The van der Waals surface area contributed by atoms with Crippen molar-refractivity contribution in [2.45, 2.75) is 0 Å². The first-order valence-corrected chi connectivity index (χ1v) is 7.23. The zero-order chi connectivity index (χ0) is 16.5. The molecule has 0 aliphatic heterocycles. The van der Waals surface area contributed by atoms with E-state index in [1.807, 2.05) is 24.3 Å². The molecule has 1 aliphatic rings. The maximum atomic E-state index is 12.9. The lowest BCUT2D eigenvalue weighted by atomic mass is 10.1. The van der Waals surface area contributed by atoms with Crippen molar-refractivity contribution in [3.8, 4) is 0 Å². The summed E-state index contributed by atoms with van der Waals surface area (Å²) in [6.07, 6.45) is 4.54. The summed E-state index contributed by atoms with van der Waals surface area (Å²) >= 11 is 0. The van der Waals surface area contributed by atoms with Gasteiger partial charge in [-0.3, -0.25) is 9.89 Å². The van der Waals surface area contributed by atoms with Crippen LogP contribution in [0.1, 0.15) is 16.2 Å². The van der Waals surface area contributed by atoms with Crippen LogP contribution < -0.4 is 5.32 Å². The molecule has 3 N–H and O–H groups in total. The smallest absolute Gasteiger partial charge is 0.273 e. The Kier molecular flexibility index (Phi) is 3.25. The number of benzene rings is 1. The average molecular weight is 318 g/mol. The van der Waals surface area contributed by atoms with Gasteiger partial charge in [0.1, 0.15) is 11.4 Å². The first kappa shape index (κ1) is 14.0. The van der Waals surface area contributed by atoms with E-state index in [9.17, 15) is 9.18 Å². The number of amides is 1. The SMILES string of the molecule is O=C(Nc1c[nH]c2ccccc12)c1cc(C2=C=C=C(F)C=C2)n[nH]1. The van der Waals surface area contributed by atoms with E-state index in [-0.39, 0.29) is 5.91 Å². The Morgan fingerprint density at radius 2 is 2.08 bits per heavy atom. The molecule has 2 heterocycles. The average Bonchev–Trinajstić information content (AvgIpc) is 3.23. The maximum Gasteiger partial charge on any atom is 0.273 e. The Balaban J connectivity index is 1.60. The summed E-state index contributed by atoms with van der Waals surface area (Å²) in [7, 11) is 0. The topological polar surface area (TPSA) is 73.6 Å². The molecule has 0 fully saturated rings. The number of carbonyl (C=O) groups is 1. The summed E-state index contributed by atoms with van der Waals surface area (Å²) in [6.45, 7) is 0. The number of nitrogens with one attached hydrogen (secondary N) is 3. The fourth-order valence-electron chi connectivity index (χ4n) is 2.46. The highest BCUT2D eigenvalue weighted by Crippen LogP contribution is 2.23. The molecule has 3 aromatic rings. The van der Waals surface area contributed by atoms with Crippen LogP contribution in [0.25, 0.3) is 16.5 Å². The fourth-order valence-corrected chi connectivity index (χ4v) is 2.46. The van der Waals surface area contributed by atoms with Crippen molar-refractivity contribution >= 4 is 28.1 Å². The molecule has 0 radical (unpaired) electrons. The van der Waals surface area contributed by atoms with Crippen molar-refractivity contribution in [3.05, 3.63) is 77.4 Å². The molecular formula is C18H11FN4O. The molecule has 1 aliphatic carbocycles. The van der Waals surface area contributed by atoms with Gasteiger partial charge in [0.15, 0.2) is 5.83 Å². The summed E-state index contributed by atoms with van der Waals surface area (Å²) < 4.78 is 12.9. The third-order valence-corrected chi connectivity index (χ3v) is 3.65. The Morgan fingerprint density at radius 3 is 2.92 bits per heavy atom. The predicted molar refractivity (Wildman–Crippen MR) is 89.0 cm³/mol. The molecule has 0 spiro atoms. The van der Waals surface area contributed by atoms with Crippen LogP contribution in [0.5, 0.6) is 0 Å². The van der Waals surface area contributed by atoms with Crippen LogP contribution in [0.3, 0.4) is 0 Å². The molecule has 4 rings (SSSR count). The largest absolute Gasteiger partial charge is 0.359 e. The molecule has 24 heavy (non-hydrogen) atoms. The van der Waals surface area contributed by atoms with Gasteiger partial charge in [0.05, 0.1) is 11.3 Å². The quantitative estimate of drug-likeness (QED) is 0.644. The summed E-state index contributed by atoms with van der Waals surface area (Å²) in [5.41, 5.74) is 7.98. The monoisotopic (exact) mass is 318 g/mol. The first-order valence-electron chi connectivity index (χ1n) is 7.23. The van der Waals surface area contributed by atoms with E-state index >= 15 is 0 Å². The van der Waals surface area contributed by atoms with Crippen LogP contribution in [0, 0.1) is 0 Å². The highest BCUT2D eigenvalue weighted by atomic mass is 19.1. The predicted octanol–water partition coefficient (Wildman–Crippen LogP) is 3.70. The molecule has 1 amide bonds. The zero-order valence-electron chi connectivity index (χ0n) is 12.4. The Morgan fingerprint density at radius 1 is 1.21 bits per heavy atom. The number of para-hydroxylation sites is 1. The number of H-pyrrole nitrogens is 2. The third-order valence-electron chi connectivity index (χ3n) is 3.65. The minimum Gasteiger partial charge on any atom is -0.359 e. The molecule has 0 unspecified atom stereocenters. The van der Waals surface area contributed by atoms with Crippen molar-refractivity contribution in [3.63, 3.8) is 0 Å². The van der Waals surface area contributed by atoms with Crippen LogP contribution in [0.4, 0.5) is 10.1 Å². The molecule has 0 saturated carbocycles. The van der Waals surface area contributed by atoms with E-state index in [0.29, 0.717) is 22.6 Å². The van der Waals surface area contributed by atoms with Crippen molar-refractivity contribution < 1.29 is 9.18 Å². The van der Waals surface area contributed by atoms with E-state index < -0.39 is 5.83 Å². The number of halogens is 1. The van der Waals surface area contributed by atoms with Gasteiger partial charge in [0.25, 0.3) is 5.91 Å². The van der Waals surface area contributed by atoms with Gasteiger partial charge >= 0.3 is 0 Å². The standard InChI is InChI=1S/C18H11FN4O/c19-12-7-5-11(6-8-12)15-9-16(23-22-15)18(24)21-17-10-20-14-4-2-1-3-13(14)17/h1-5,7,9-10,20H,(H,21,24)(H,22,23). The van der Waals surface area contributed by atoms with Crippen LogP contribution in [0.2, 0.25) is 0 Å². The minimum absolute atomic E-state index is 0.299. The number of carbonyl (C=O) groups excluding carboxylic acids is 1. The molecular weight excluding hydrogens is 307 g/mol. The molecule has 2 aromatic heterocycles. The van der Waals surface area contributed by atoms with Crippen LogP contribution >= 0.6 is 0 Å². The maximum absolute atomic E-state index is 12.9. The minimum atomic E-state index is -0.494. The zero-order valence-corrected chi connectivity index (χ0v) is 12.4. The lowest BCUT2D eigenvalue weighted by Gasteiger charge is -2.01. The van der Waals surface area contributed by atoms with E-state index in [1.54, 1.807) is 12.3 Å². The second kappa shape index (κ2) is 5.56. The van der Waals surface area contributed by atoms with Gasteiger partial charge in [-0.25, -0.2) is 0 Å². The fraction of sp³-hybridized carbons (Fsp3) is 0. The van der Waals surface area contributed by atoms with Gasteiger partial charge < -0.3 is 10.3 Å². The molecule has 1 aromatic carbocycles. The molecule has 5 nitrogen and oxygen atoms in total. The molecule has 0 bridgehead atoms. The van der Waals surface area contributed by atoms with Gasteiger partial charge in [-0.15, -0.1) is 0 Å². The Bertz CT molecular complexity index is 1090. The van der Waals surface area contributed by atoms with Crippen molar-refractivity contribution in [2.24, 2.45) is 0 Å². The molecule has 0 saturated heterocycles. The third kappa shape index (κ3) is 2.48. The second-order valence-corrected chi connectivity index (χ2v) is 5.21. The van der Waals surface area contributed by atoms with Crippen LogP contribution in [-0.2, 0) is 0 Å². The number of nitrogens with zero attached hydrogens (tertiary/aromatic N) is 1. The van der Waals surface area contributed by atoms with Gasteiger partial charge in [-0.1, -0.05) is 23.9 Å². The Hall–Kier alpha value is -3.59. The number of fused-ring (bicyclic) bond motifs is 1. The summed E-state index contributed by atoms with van der Waals surface area (Å²) in [4.78, 5) is 15.5. The van der Waals surface area contributed by atoms with Crippen LogP contribution in [-0.4, -0.2) is 21.1 Å². The number of hydrogen-bond donors (Lipinski definition) is 3. The van der Waals surface area contributed by atoms with Crippen molar-refractivity contribution in [2.75, 3.05) is 5.32 Å². The van der Waals surface area contributed by atoms with Crippen molar-refractivity contribution in [1.82, 2.24) is 15.2 Å². The van der Waals surface area contributed by atoms with E-state index in [4.69, 9.17) is 0 Å². The lowest BCUT2D eigenvalue weighted by Crippen LogP contribution is -2.11. The van der Waals surface area contributed by atoms with Gasteiger partial charge in [0, 0.05) is 17.1 Å². The number of allylic oxidation sites excluding steroid dienone is 4. The highest BCUT2D eigenvalue weighted by Gasteiger charge is 2.14. The second-order valence-electron chi connectivity index (χ2n) is 5.21. The van der Waals surface area contributed by atoms with Gasteiger partial charge in [0.2, 0.25) is 0 Å². The molecule has 0 atom stereocenters. The highest BCUT2D eigenvalue weighted by molar-refractivity contribution is 6.08. The Labute approximate surface area is 135 Å². The van der Waals surface area contributed by atoms with Crippen LogP contribution in [0.15, 0.2) is 66.0 Å². The van der Waals surface area contributed by atoms with E-state index in [1.165, 1.54) is 12.2 Å². The molecule has 6 heteroatoms. The van der Waals surface area contributed by atoms with Gasteiger partial charge in [-0.2, -0.15) is 9.49 Å². The number of rotatable bonds is 3. The van der Waals surface area contributed by atoms with Gasteiger partial charge in [-0.05, 0) is 30.0 Å². The number of hydrogen-bond acceptors (Lipinski definition) is 2. The summed E-state index contributed by atoms with van der Waals surface area (Å²) in [5.74, 6) is -0.809. The van der Waals surface area contributed by atoms with E-state index in [0.717, 1.165) is 10.9 Å². The summed E-state index contributed by atoms with van der Waals surface area (Å²) in [6, 6.07) is 9.26. The molecule has 116 valence electrons. The lowest BCUT2D eigenvalue weighted by molar-refractivity contribution is 0.102. The number of aromatic amines is 2. The van der Waals surface area contributed by atoms with E-state index in [2.05, 4.69) is 32.0 Å². The summed E-state index contributed by atoms with van der Waals surface area (Å²) in [5, 5.41) is 10.5. The number of anilines is 1. The van der Waals surface area contributed by atoms with Crippen molar-refractivity contribution in [1.29, 1.82) is 0 Å². The first-order chi connectivity index (χ1) is 11.7. The normalized spacial score (nSPS) is 13.0.